The third-order valence-electron chi connectivity index (χ3n) is 6.75. The summed E-state index contributed by atoms with van der Waals surface area (Å²) >= 11 is 0. The van der Waals surface area contributed by atoms with Gasteiger partial charge in [-0.25, -0.2) is 9.18 Å². The summed E-state index contributed by atoms with van der Waals surface area (Å²) in [6.45, 7) is 1.42. The number of rotatable bonds is 6. The first-order valence-corrected chi connectivity index (χ1v) is 11.6. The summed E-state index contributed by atoms with van der Waals surface area (Å²) in [4.78, 5) is 38.1. The van der Waals surface area contributed by atoms with E-state index in [4.69, 9.17) is 9.47 Å². The van der Waals surface area contributed by atoms with E-state index in [2.05, 4.69) is 10.6 Å². The van der Waals surface area contributed by atoms with Gasteiger partial charge in [0.05, 0.1) is 23.8 Å². The van der Waals surface area contributed by atoms with Gasteiger partial charge in [-0.15, -0.1) is 0 Å². The second-order valence-corrected chi connectivity index (χ2v) is 8.99. The van der Waals surface area contributed by atoms with Gasteiger partial charge in [-0.05, 0) is 61.2 Å². The van der Waals surface area contributed by atoms with Crippen LogP contribution in [0, 0.1) is 5.82 Å². The van der Waals surface area contributed by atoms with Crippen LogP contribution in [0.3, 0.4) is 0 Å². The number of fused-ring (bicyclic) bond motifs is 1. The van der Waals surface area contributed by atoms with E-state index in [1.54, 1.807) is 34.9 Å². The van der Waals surface area contributed by atoms with Crippen molar-refractivity contribution < 1.29 is 23.5 Å². The minimum atomic E-state index is -0.446. The number of carbonyl (C=O) groups excluding carboxylic acids is 2. The molecule has 10 heteroatoms. The summed E-state index contributed by atoms with van der Waals surface area (Å²) in [7, 11) is 0. The van der Waals surface area contributed by atoms with Crippen molar-refractivity contribution in [1.29, 1.82) is 0 Å². The number of aromatic nitrogens is 1. The van der Waals surface area contributed by atoms with E-state index in [0.717, 1.165) is 5.39 Å². The molecule has 9 nitrogen and oxygen atoms in total. The van der Waals surface area contributed by atoms with Crippen LogP contribution >= 0.6 is 0 Å². The van der Waals surface area contributed by atoms with Crippen LogP contribution in [0.2, 0.25) is 0 Å². The van der Waals surface area contributed by atoms with E-state index in [1.807, 2.05) is 0 Å². The molecule has 0 aliphatic carbocycles. The van der Waals surface area contributed by atoms with E-state index in [-0.39, 0.29) is 36.0 Å². The van der Waals surface area contributed by atoms with Crippen LogP contribution in [-0.4, -0.2) is 48.9 Å². The third-order valence-corrected chi connectivity index (χ3v) is 6.75. The highest BCUT2D eigenvalue weighted by Crippen LogP contribution is 2.34. The van der Waals surface area contributed by atoms with E-state index in [1.165, 1.54) is 17.0 Å². The number of nitrogens with one attached hydrogen (secondary N) is 2. The molecule has 1 fully saturated rings. The number of amides is 2. The molecule has 180 valence electrons. The summed E-state index contributed by atoms with van der Waals surface area (Å²) < 4.78 is 26.9. The van der Waals surface area contributed by atoms with Crippen molar-refractivity contribution in [3.05, 3.63) is 64.2 Å². The number of benzene rings is 2. The van der Waals surface area contributed by atoms with Gasteiger partial charge in [0, 0.05) is 23.9 Å². The van der Waals surface area contributed by atoms with Crippen LogP contribution in [0.25, 0.3) is 10.9 Å². The van der Waals surface area contributed by atoms with Crippen molar-refractivity contribution in [2.45, 2.75) is 25.0 Å². The molecular formula is C25H23FN4O5. The van der Waals surface area contributed by atoms with Gasteiger partial charge < -0.3 is 24.7 Å². The average Bonchev–Trinajstić information content (AvgIpc) is 3.42. The van der Waals surface area contributed by atoms with Crippen LogP contribution in [0.15, 0.2) is 47.3 Å². The number of cyclic esters (lactones) is 1. The highest BCUT2D eigenvalue weighted by Gasteiger charge is 2.33. The number of halogens is 1. The molecule has 3 aliphatic rings. The molecule has 1 aromatic heterocycles. The second-order valence-electron chi connectivity index (χ2n) is 8.99. The Morgan fingerprint density at radius 3 is 2.86 bits per heavy atom. The number of anilines is 2. The van der Waals surface area contributed by atoms with E-state index < -0.39 is 6.09 Å². The number of pyridine rings is 1. The SMILES string of the molecule is O=C1COc2ccc(N3C[C@@H](CCNC[C@@H]4Cc5c(F)ccc6ccc(=O)n4c56)OC3=O)cc2N1. The molecule has 0 saturated carbocycles. The van der Waals surface area contributed by atoms with Crippen molar-refractivity contribution in [2.24, 2.45) is 0 Å². The molecular weight excluding hydrogens is 455 g/mol. The summed E-state index contributed by atoms with van der Waals surface area (Å²) in [6.07, 6.45) is 0.291. The highest BCUT2D eigenvalue weighted by molar-refractivity contribution is 5.97. The van der Waals surface area contributed by atoms with E-state index in [0.29, 0.717) is 60.7 Å². The lowest BCUT2D eigenvalue weighted by atomic mass is 10.1. The van der Waals surface area contributed by atoms with Crippen molar-refractivity contribution in [3.8, 4) is 5.75 Å². The lowest BCUT2D eigenvalue weighted by Crippen LogP contribution is -2.32. The molecule has 2 atom stereocenters. The summed E-state index contributed by atoms with van der Waals surface area (Å²) in [5.41, 5.74) is 2.26. The van der Waals surface area contributed by atoms with Crippen LogP contribution in [-0.2, 0) is 16.0 Å². The number of carbonyl (C=O) groups is 2. The Morgan fingerprint density at radius 2 is 1.97 bits per heavy atom. The summed E-state index contributed by atoms with van der Waals surface area (Å²) in [6, 6.07) is 11.4. The second kappa shape index (κ2) is 8.38. The van der Waals surface area contributed by atoms with Gasteiger partial charge in [0.2, 0.25) is 0 Å². The maximum atomic E-state index is 14.4. The van der Waals surface area contributed by atoms with Gasteiger partial charge in [-0.1, -0.05) is 0 Å². The Labute approximate surface area is 199 Å². The van der Waals surface area contributed by atoms with Crippen LogP contribution in [0.1, 0.15) is 18.0 Å². The number of ether oxygens (including phenoxy) is 2. The highest BCUT2D eigenvalue weighted by atomic mass is 19.1. The minimum absolute atomic E-state index is 0.0289. The molecule has 2 amide bonds. The fourth-order valence-corrected chi connectivity index (χ4v) is 5.10. The zero-order valence-electron chi connectivity index (χ0n) is 18.8. The number of hydrogen-bond donors (Lipinski definition) is 2. The molecule has 0 spiro atoms. The predicted octanol–water partition coefficient (Wildman–Crippen LogP) is 2.57. The van der Waals surface area contributed by atoms with Crippen LogP contribution < -0.4 is 25.8 Å². The maximum Gasteiger partial charge on any atom is 0.414 e. The topological polar surface area (TPSA) is 102 Å². The lowest BCUT2D eigenvalue weighted by molar-refractivity contribution is -0.118. The van der Waals surface area contributed by atoms with Gasteiger partial charge >= 0.3 is 6.09 Å². The first-order chi connectivity index (χ1) is 17.0. The molecule has 4 heterocycles. The fraction of sp³-hybridized carbons (Fsp3) is 0.320. The fourth-order valence-electron chi connectivity index (χ4n) is 5.10. The minimum Gasteiger partial charge on any atom is -0.482 e. The Morgan fingerprint density at radius 1 is 1.11 bits per heavy atom. The Kier molecular flexibility index (Phi) is 5.18. The van der Waals surface area contributed by atoms with Crippen LogP contribution in [0.4, 0.5) is 20.6 Å². The molecule has 6 rings (SSSR count). The van der Waals surface area contributed by atoms with Crippen molar-refractivity contribution in [3.63, 3.8) is 0 Å². The number of hydrogen-bond acceptors (Lipinski definition) is 6. The van der Waals surface area contributed by atoms with E-state index in [9.17, 15) is 18.8 Å². The smallest absolute Gasteiger partial charge is 0.414 e. The average molecular weight is 478 g/mol. The Balaban J connectivity index is 1.06. The Hall–Kier alpha value is -3.92. The standard InChI is InChI=1S/C25H23FN4O5/c26-19-4-1-14-2-6-23(32)30-16(9-18(19)24(14)30)11-27-8-7-17-12-29(25(33)35-17)15-3-5-21-20(10-15)28-22(31)13-34-21/h1-6,10,16-17,27H,7-9,11-13H2,(H,28,31)/t16-,17+/m0/s1. The molecule has 0 radical (unpaired) electrons. The molecule has 3 aliphatic heterocycles. The van der Waals surface area contributed by atoms with Gasteiger partial charge in [0.15, 0.2) is 6.61 Å². The largest absolute Gasteiger partial charge is 0.482 e. The molecule has 35 heavy (non-hydrogen) atoms. The molecule has 2 N–H and O–H groups in total. The normalized spacial score (nSPS) is 20.5. The number of nitrogens with zero attached hydrogens (tertiary/aromatic N) is 2. The first kappa shape index (κ1) is 21.6. The van der Waals surface area contributed by atoms with Crippen molar-refractivity contribution in [1.82, 2.24) is 9.88 Å². The van der Waals surface area contributed by atoms with Gasteiger partial charge in [0.1, 0.15) is 17.7 Å². The van der Waals surface area contributed by atoms with E-state index >= 15 is 0 Å². The van der Waals surface area contributed by atoms with Crippen molar-refractivity contribution >= 4 is 34.3 Å². The molecule has 2 aromatic carbocycles. The predicted molar refractivity (Wildman–Crippen MR) is 127 cm³/mol. The third kappa shape index (κ3) is 3.79. The maximum absolute atomic E-state index is 14.4. The zero-order valence-corrected chi connectivity index (χ0v) is 18.8. The summed E-state index contributed by atoms with van der Waals surface area (Å²) in [5, 5.41) is 6.93. The van der Waals surface area contributed by atoms with Gasteiger partial charge in [-0.3, -0.25) is 14.5 Å². The molecule has 1 saturated heterocycles. The molecule has 3 aromatic rings. The quantitative estimate of drug-likeness (QED) is 0.528. The van der Waals surface area contributed by atoms with Crippen LogP contribution in [0.5, 0.6) is 5.75 Å². The van der Waals surface area contributed by atoms with Gasteiger partial charge in [-0.2, -0.15) is 0 Å². The zero-order chi connectivity index (χ0) is 24.1. The Bertz CT molecular complexity index is 1420. The van der Waals surface area contributed by atoms with Crippen molar-refractivity contribution in [2.75, 3.05) is 36.5 Å². The lowest BCUT2D eigenvalue weighted by Gasteiger charge is -2.20. The molecule has 0 unspecified atom stereocenters. The summed E-state index contributed by atoms with van der Waals surface area (Å²) in [5.74, 6) is 0.0326. The first-order valence-electron chi connectivity index (χ1n) is 11.6. The van der Waals surface area contributed by atoms with Gasteiger partial charge in [0.25, 0.3) is 11.5 Å². The molecule has 0 bridgehead atoms. The monoisotopic (exact) mass is 478 g/mol.